The van der Waals surface area contributed by atoms with Crippen LogP contribution in [0.1, 0.15) is 29.3 Å². The van der Waals surface area contributed by atoms with Crippen LogP contribution < -0.4 is 15.8 Å². The van der Waals surface area contributed by atoms with Crippen molar-refractivity contribution in [1.82, 2.24) is 5.32 Å². The quantitative estimate of drug-likeness (QED) is 0.708. The summed E-state index contributed by atoms with van der Waals surface area (Å²) in [6.45, 7) is 1.76. The number of aryl methyl sites for hydroxylation is 1. The van der Waals surface area contributed by atoms with Gasteiger partial charge in [-0.25, -0.2) is 0 Å². The fourth-order valence-corrected chi connectivity index (χ4v) is 2.56. The lowest BCUT2D eigenvalue weighted by atomic mass is 10.1. The van der Waals surface area contributed by atoms with Gasteiger partial charge < -0.3 is 15.8 Å². The van der Waals surface area contributed by atoms with Crippen LogP contribution in [0.25, 0.3) is 0 Å². The topological polar surface area (TPSA) is 81.4 Å². The van der Waals surface area contributed by atoms with Gasteiger partial charge in [0.15, 0.2) is 6.61 Å². The van der Waals surface area contributed by atoms with Crippen LogP contribution in [0.5, 0.6) is 5.75 Å². The summed E-state index contributed by atoms with van der Waals surface area (Å²) >= 11 is 3.42. The molecule has 0 heterocycles. The van der Waals surface area contributed by atoms with Gasteiger partial charge in [-0.15, -0.1) is 0 Å². The second kappa shape index (κ2) is 9.22. The summed E-state index contributed by atoms with van der Waals surface area (Å²) < 4.78 is 6.27. The van der Waals surface area contributed by atoms with Gasteiger partial charge in [-0.1, -0.05) is 34.1 Å². The Hall–Kier alpha value is -2.34. The molecule has 6 heteroatoms. The van der Waals surface area contributed by atoms with Crippen molar-refractivity contribution < 1.29 is 14.3 Å². The molecule has 0 spiro atoms. The van der Waals surface area contributed by atoms with E-state index < -0.39 is 5.91 Å². The molecule has 5 nitrogen and oxygen atoms in total. The van der Waals surface area contributed by atoms with Crippen LogP contribution in [-0.4, -0.2) is 24.5 Å². The lowest BCUT2D eigenvalue weighted by Gasteiger charge is -2.14. The van der Waals surface area contributed by atoms with Crippen LogP contribution in [-0.2, 0) is 11.2 Å². The Kier molecular flexibility index (Phi) is 7.01. The van der Waals surface area contributed by atoms with E-state index in [0.717, 1.165) is 17.3 Å². The maximum absolute atomic E-state index is 12.3. The number of nitrogens with one attached hydrogen (secondary N) is 1. The molecule has 0 aliphatic carbocycles. The fourth-order valence-electron chi connectivity index (χ4n) is 2.30. The van der Waals surface area contributed by atoms with E-state index in [1.807, 2.05) is 19.1 Å². The van der Waals surface area contributed by atoms with E-state index in [2.05, 4.69) is 33.4 Å². The predicted octanol–water partition coefficient (Wildman–Crippen LogP) is 3.06. The molecule has 0 aromatic heterocycles. The summed E-state index contributed by atoms with van der Waals surface area (Å²) in [5.41, 5.74) is 6.76. The summed E-state index contributed by atoms with van der Waals surface area (Å²) in [4.78, 5) is 23.1. The van der Waals surface area contributed by atoms with Crippen LogP contribution in [0.2, 0.25) is 0 Å². The molecule has 0 aliphatic rings. The first-order chi connectivity index (χ1) is 11.9. The Morgan fingerprint density at radius 2 is 1.92 bits per heavy atom. The molecule has 3 N–H and O–H groups in total. The molecule has 0 bridgehead atoms. The van der Waals surface area contributed by atoms with Crippen molar-refractivity contribution in [2.45, 2.75) is 25.8 Å². The van der Waals surface area contributed by atoms with Gasteiger partial charge in [-0.05, 0) is 55.7 Å². The Morgan fingerprint density at radius 3 is 2.60 bits per heavy atom. The van der Waals surface area contributed by atoms with Gasteiger partial charge in [0.2, 0.25) is 0 Å². The summed E-state index contributed by atoms with van der Waals surface area (Å²) in [5, 5.41) is 2.97. The first-order valence-corrected chi connectivity index (χ1v) is 8.80. The van der Waals surface area contributed by atoms with E-state index in [-0.39, 0.29) is 18.6 Å². The molecule has 25 heavy (non-hydrogen) atoms. The predicted molar refractivity (Wildman–Crippen MR) is 101 cm³/mol. The molecule has 0 saturated carbocycles. The number of primary amides is 1. The molecule has 2 rings (SSSR count). The van der Waals surface area contributed by atoms with Gasteiger partial charge in [0, 0.05) is 16.1 Å². The fraction of sp³-hybridized carbons (Fsp3) is 0.263. The third kappa shape index (κ3) is 6.58. The Labute approximate surface area is 155 Å². The van der Waals surface area contributed by atoms with Crippen LogP contribution in [0.15, 0.2) is 53.0 Å². The van der Waals surface area contributed by atoms with Gasteiger partial charge in [0.05, 0.1) is 0 Å². The van der Waals surface area contributed by atoms with E-state index in [4.69, 9.17) is 10.5 Å². The summed E-state index contributed by atoms with van der Waals surface area (Å²) in [6, 6.07) is 14.9. The van der Waals surface area contributed by atoms with E-state index >= 15 is 0 Å². The van der Waals surface area contributed by atoms with Crippen molar-refractivity contribution in [1.29, 1.82) is 0 Å². The molecule has 1 unspecified atom stereocenters. The third-order valence-corrected chi connectivity index (χ3v) is 4.16. The number of carbonyl (C=O) groups is 2. The molecular weight excluding hydrogens is 384 g/mol. The van der Waals surface area contributed by atoms with Crippen LogP contribution in [0.3, 0.4) is 0 Å². The van der Waals surface area contributed by atoms with E-state index in [1.54, 1.807) is 24.3 Å². The van der Waals surface area contributed by atoms with E-state index in [1.165, 1.54) is 5.56 Å². The SMILES string of the molecule is CC(CCc1ccc(Br)cc1)NC(=O)c1cccc(OCC(N)=O)c1. The summed E-state index contributed by atoms with van der Waals surface area (Å²) in [6.07, 6.45) is 1.72. The summed E-state index contributed by atoms with van der Waals surface area (Å²) in [5.74, 6) is -0.293. The lowest BCUT2D eigenvalue weighted by Crippen LogP contribution is -2.32. The van der Waals surface area contributed by atoms with Gasteiger partial charge in [0.25, 0.3) is 11.8 Å². The highest BCUT2D eigenvalue weighted by atomic mass is 79.9. The lowest BCUT2D eigenvalue weighted by molar-refractivity contribution is -0.119. The number of carbonyl (C=O) groups excluding carboxylic acids is 2. The number of hydrogen-bond donors (Lipinski definition) is 2. The van der Waals surface area contributed by atoms with Gasteiger partial charge in [-0.3, -0.25) is 9.59 Å². The largest absolute Gasteiger partial charge is 0.484 e. The van der Waals surface area contributed by atoms with Crippen molar-refractivity contribution in [2.75, 3.05) is 6.61 Å². The van der Waals surface area contributed by atoms with Crippen LogP contribution >= 0.6 is 15.9 Å². The molecule has 132 valence electrons. The summed E-state index contributed by atoms with van der Waals surface area (Å²) in [7, 11) is 0. The number of nitrogens with two attached hydrogens (primary N) is 1. The molecule has 2 amide bonds. The molecule has 0 fully saturated rings. The van der Waals surface area contributed by atoms with Crippen LogP contribution in [0, 0.1) is 0 Å². The zero-order valence-corrected chi connectivity index (χ0v) is 15.6. The Morgan fingerprint density at radius 1 is 1.20 bits per heavy atom. The smallest absolute Gasteiger partial charge is 0.255 e. The molecule has 0 radical (unpaired) electrons. The van der Waals surface area contributed by atoms with Gasteiger partial charge in [-0.2, -0.15) is 0 Å². The third-order valence-electron chi connectivity index (χ3n) is 3.63. The molecule has 2 aromatic rings. The first-order valence-electron chi connectivity index (χ1n) is 8.00. The van der Waals surface area contributed by atoms with Crippen molar-refractivity contribution in [3.63, 3.8) is 0 Å². The standard InChI is InChI=1S/C19H21BrN2O3/c1-13(5-6-14-7-9-16(20)10-8-14)22-19(24)15-3-2-4-17(11-15)25-12-18(21)23/h2-4,7-11,13H,5-6,12H2,1H3,(H2,21,23)(H,22,24). The van der Waals surface area contributed by atoms with Crippen molar-refractivity contribution in [3.05, 3.63) is 64.1 Å². The Bertz CT molecular complexity index is 732. The number of rotatable bonds is 8. The number of halogens is 1. The molecule has 0 saturated heterocycles. The number of hydrogen-bond acceptors (Lipinski definition) is 3. The van der Waals surface area contributed by atoms with E-state index in [0.29, 0.717) is 11.3 Å². The highest BCUT2D eigenvalue weighted by Crippen LogP contribution is 2.15. The maximum Gasteiger partial charge on any atom is 0.255 e. The second-order valence-electron chi connectivity index (χ2n) is 5.82. The van der Waals surface area contributed by atoms with E-state index in [9.17, 15) is 9.59 Å². The normalized spacial score (nSPS) is 11.6. The second-order valence-corrected chi connectivity index (χ2v) is 6.74. The average molecular weight is 405 g/mol. The minimum atomic E-state index is -0.559. The highest BCUT2D eigenvalue weighted by Gasteiger charge is 2.11. The highest BCUT2D eigenvalue weighted by molar-refractivity contribution is 9.10. The minimum absolute atomic E-state index is 0.0336. The molecule has 2 aromatic carbocycles. The molecule has 0 aliphatic heterocycles. The number of ether oxygens (including phenoxy) is 1. The molecule has 1 atom stereocenters. The molecular formula is C19H21BrN2O3. The van der Waals surface area contributed by atoms with Crippen LogP contribution in [0.4, 0.5) is 0 Å². The average Bonchev–Trinajstić information content (AvgIpc) is 2.59. The Balaban J connectivity index is 1.86. The van der Waals surface area contributed by atoms with Crippen molar-refractivity contribution in [3.8, 4) is 5.75 Å². The number of amides is 2. The maximum atomic E-state index is 12.3. The zero-order valence-electron chi connectivity index (χ0n) is 14.0. The van der Waals surface area contributed by atoms with Crippen molar-refractivity contribution >= 4 is 27.7 Å². The van der Waals surface area contributed by atoms with Crippen molar-refractivity contribution in [2.24, 2.45) is 5.73 Å². The van der Waals surface area contributed by atoms with Gasteiger partial charge >= 0.3 is 0 Å². The van der Waals surface area contributed by atoms with Gasteiger partial charge in [0.1, 0.15) is 5.75 Å². The minimum Gasteiger partial charge on any atom is -0.484 e. The zero-order chi connectivity index (χ0) is 18.2. The number of benzene rings is 2. The monoisotopic (exact) mass is 404 g/mol. The first kappa shape index (κ1) is 19.0.